The van der Waals surface area contributed by atoms with Crippen molar-refractivity contribution in [3.63, 3.8) is 0 Å². The van der Waals surface area contributed by atoms with E-state index in [-0.39, 0.29) is 36.0 Å². The van der Waals surface area contributed by atoms with Gasteiger partial charge in [0, 0.05) is 23.8 Å². The van der Waals surface area contributed by atoms with Crippen LogP contribution < -0.4 is 21.3 Å². The second-order valence-electron chi connectivity index (χ2n) is 8.01. The molecule has 0 saturated heterocycles. The van der Waals surface area contributed by atoms with Crippen LogP contribution in [0.4, 0.5) is 10.5 Å². The van der Waals surface area contributed by atoms with Gasteiger partial charge in [0.1, 0.15) is 6.26 Å². The van der Waals surface area contributed by atoms with Gasteiger partial charge in [-0.15, -0.1) is 24.0 Å². The van der Waals surface area contributed by atoms with Gasteiger partial charge < -0.3 is 25.7 Å². The van der Waals surface area contributed by atoms with E-state index in [4.69, 9.17) is 4.42 Å². The normalized spacial score (nSPS) is 11.0. The summed E-state index contributed by atoms with van der Waals surface area (Å²) in [6.45, 7) is 9.65. The summed E-state index contributed by atoms with van der Waals surface area (Å²) in [5, 5.41) is 12.1. The predicted molar refractivity (Wildman–Crippen MR) is 147 cm³/mol. The molecule has 1 aromatic heterocycles. The quantitative estimate of drug-likeness (QED) is 0.171. The number of aliphatic imine (C=N–C) groups is 1. The molecule has 182 valence electrons. The number of nitrogens with zero attached hydrogens (tertiary/aromatic N) is 2. The Labute approximate surface area is 218 Å². The lowest BCUT2D eigenvalue weighted by atomic mass is 10.1. The topological polar surface area (TPSA) is 104 Å². The summed E-state index contributed by atoms with van der Waals surface area (Å²) in [6, 6.07) is 15.6. The first kappa shape index (κ1) is 27.2. The van der Waals surface area contributed by atoms with Gasteiger partial charge in [0.2, 0.25) is 5.89 Å². The number of guanidine groups is 1. The van der Waals surface area contributed by atoms with Crippen molar-refractivity contribution in [2.24, 2.45) is 4.99 Å². The third kappa shape index (κ3) is 8.69. The van der Waals surface area contributed by atoms with Gasteiger partial charge in [-0.1, -0.05) is 29.8 Å². The van der Waals surface area contributed by atoms with Crippen LogP contribution in [0.25, 0.3) is 11.5 Å². The minimum Gasteiger partial charge on any atom is -0.444 e. The molecule has 0 spiro atoms. The van der Waals surface area contributed by atoms with Crippen LogP contribution >= 0.6 is 24.0 Å². The number of aromatic nitrogens is 1. The molecule has 0 aliphatic carbocycles. The number of urea groups is 1. The average Bonchev–Trinajstić information content (AvgIpc) is 3.25. The number of aryl methyl sites for hydroxylation is 1. The van der Waals surface area contributed by atoms with E-state index < -0.39 is 0 Å². The Kier molecular flexibility index (Phi) is 10.9. The summed E-state index contributed by atoms with van der Waals surface area (Å²) in [6.07, 6.45) is 1.66. The molecule has 9 heteroatoms. The number of rotatable bonds is 8. The minimum atomic E-state index is -0.215. The summed E-state index contributed by atoms with van der Waals surface area (Å²) in [5.74, 6) is 1.29. The highest BCUT2D eigenvalue weighted by molar-refractivity contribution is 14.0. The Morgan fingerprint density at radius 1 is 1.06 bits per heavy atom. The van der Waals surface area contributed by atoms with Gasteiger partial charge >= 0.3 is 6.03 Å². The molecule has 0 fully saturated rings. The molecule has 0 aliphatic rings. The highest BCUT2D eigenvalue weighted by atomic mass is 127. The number of benzene rings is 2. The van der Waals surface area contributed by atoms with Crippen LogP contribution in [0.2, 0.25) is 0 Å². The second kappa shape index (κ2) is 13.6. The largest absolute Gasteiger partial charge is 0.444 e. The smallest absolute Gasteiger partial charge is 0.319 e. The van der Waals surface area contributed by atoms with Crippen LogP contribution in [-0.2, 0) is 13.1 Å². The van der Waals surface area contributed by atoms with Crippen molar-refractivity contribution in [2.75, 3.05) is 11.9 Å². The number of carbonyl (C=O) groups is 1. The Balaban J connectivity index is 0.00000408. The molecule has 3 rings (SSSR count). The number of oxazole rings is 1. The van der Waals surface area contributed by atoms with Crippen LogP contribution in [-0.4, -0.2) is 29.6 Å². The van der Waals surface area contributed by atoms with E-state index in [2.05, 4.69) is 31.2 Å². The lowest BCUT2D eigenvalue weighted by Gasteiger charge is -2.11. The molecule has 0 saturated carbocycles. The Morgan fingerprint density at radius 2 is 1.76 bits per heavy atom. The van der Waals surface area contributed by atoms with Crippen molar-refractivity contribution in [1.29, 1.82) is 0 Å². The molecule has 4 N–H and O–H groups in total. The summed E-state index contributed by atoms with van der Waals surface area (Å²) in [7, 11) is 0. The Hall–Kier alpha value is -3.08. The Morgan fingerprint density at radius 3 is 2.41 bits per heavy atom. The third-order valence-corrected chi connectivity index (χ3v) is 4.68. The Bertz CT molecular complexity index is 1060. The van der Waals surface area contributed by atoms with Gasteiger partial charge in [-0.2, -0.15) is 0 Å². The van der Waals surface area contributed by atoms with Crippen molar-refractivity contribution in [3.05, 3.63) is 71.6 Å². The molecule has 0 atom stereocenters. The molecule has 8 nitrogen and oxygen atoms in total. The number of halogens is 1. The summed E-state index contributed by atoms with van der Waals surface area (Å²) < 4.78 is 5.63. The molecule has 0 unspecified atom stereocenters. The van der Waals surface area contributed by atoms with E-state index in [1.54, 1.807) is 6.26 Å². The number of nitrogens with one attached hydrogen (secondary N) is 4. The molecule has 0 bridgehead atoms. The minimum absolute atomic E-state index is 0. The standard InChI is InChI=1S/C25H32N6O2.HI/c1-5-26-24(27-14-19-8-12-21(13-9-19)31-25(32)29-17(2)3)28-15-22-16-33-23(30-22)20-10-6-18(4)7-11-20;/h6-13,16-17H,5,14-15H2,1-4H3,(H2,26,27,28)(H2,29,31,32);1H. The predicted octanol–water partition coefficient (Wildman–Crippen LogP) is 5.05. The highest BCUT2D eigenvalue weighted by Gasteiger charge is 2.08. The van der Waals surface area contributed by atoms with Gasteiger partial charge in [-0.25, -0.2) is 14.8 Å². The summed E-state index contributed by atoms with van der Waals surface area (Å²) in [4.78, 5) is 21.0. The summed E-state index contributed by atoms with van der Waals surface area (Å²) in [5.41, 5.74) is 4.71. The first-order valence-corrected chi connectivity index (χ1v) is 11.1. The first-order chi connectivity index (χ1) is 15.9. The maximum atomic E-state index is 11.8. The number of anilines is 1. The molecule has 1 heterocycles. The molecule has 2 aromatic carbocycles. The van der Waals surface area contributed by atoms with Crippen molar-refractivity contribution in [3.8, 4) is 11.5 Å². The van der Waals surface area contributed by atoms with E-state index in [1.807, 2.05) is 76.2 Å². The number of amides is 2. The fraction of sp³-hybridized carbons (Fsp3) is 0.320. The number of carbonyl (C=O) groups excluding carboxylic acids is 1. The number of hydrogen-bond acceptors (Lipinski definition) is 4. The first-order valence-electron chi connectivity index (χ1n) is 11.1. The second-order valence-corrected chi connectivity index (χ2v) is 8.01. The lowest BCUT2D eigenvalue weighted by molar-refractivity contribution is 0.250. The molecule has 0 aliphatic heterocycles. The van der Waals surface area contributed by atoms with Gasteiger partial charge in [0.15, 0.2) is 5.96 Å². The monoisotopic (exact) mass is 576 g/mol. The molecule has 34 heavy (non-hydrogen) atoms. The molecule has 2 amide bonds. The van der Waals surface area contributed by atoms with Crippen LogP contribution in [0.1, 0.15) is 37.6 Å². The van der Waals surface area contributed by atoms with E-state index in [0.29, 0.717) is 24.9 Å². The maximum absolute atomic E-state index is 11.8. The zero-order chi connectivity index (χ0) is 23.6. The third-order valence-electron chi connectivity index (χ3n) is 4.68. The molecular weight excluding hydrogens is 543 g/mol. The number of hydrogen-bond donors (Lipinski definition) is 4. The van der Waals surface area contributed by atoms with E-state index in [0.717, 1.165) is 29.1 Å². The van der Waals surface area contributed by atoms with Gasteiger partial charge in [-0.05, 0) is 57.5 Å². The highest BCUT2D eigenvalue weighted by Crippen LogP contribution is 2.19. The van der Waals surface area contributed by atoms with E-state index in [9.17, 15) is 4.79 Å². The SMILES string of the molecule is CCNC(=NCc1ccc(NC(=O)NC(C)C)cc1)NCc1coc(-c2ccc(C)cc2)n1.I. The van der Waals surface area contributed by atoms with Crippen molar-refractivity contribution in [2.45, 2.75) is 46.8 Å². The maximum Gasteiger partial charge on any atom is 0.319 e. The molecular formula is C25H33IN6O2. The van der Waals surface area contributed by atoms with E-state index >= 15 is 0 Å². The average molecular weight is 576 g/mol. The van der Waals surface area contributed by atoms with Crippen LogP contribution in [0.15, 0.2) is 64.2 Å². The van der Waals surface area contributed by atoms with Crippen molar-refractivity contribution in [1.82, 2.24) is 20.9 Å². The van der Waals surface area contributed by atoms with Crippen LogP contribution in [0.5, 0.6) is 0 Å². The molecule has 3 aromatic rings. The van der Waals surface area contributed by atoms with Gasteiger partial charge in [-0.3, -0.25) is 0 Å². The molecule has 0 radical (unpaired) electrons. The zero-order valence-corrected chi connectivity index (χ0v) is 22.3. The van der Waals surface area contributed by atoms with Gasteiger partial charge in [0.05, 0.1) is 18.8 Å². The van der Waals surface area contributed by atoms with Gasteiger partial charge in [0.25, 0.3) is 0 Å². The van der Waals surface area contributed by atoms with Crippen LogP contribution in [0, 0.1) is 6.92 Å². The van der Waals surface area contributed by atoms with Crippen molar-refractivity contribution < 1.29 is 9.21 Å². The lowest BCUT2D eigenvalue weighted by Crippen LogP contribution is -2.36. The van der Waals surface area contributed by atoms with E-state index in [1.165, 1.54) is 5.56 Å². The van der Waals surface area contributed by atoms with Crippen LogP contribution in [0.3, 0.4) is 0 Å². The van der Waals surface area contributed by atoms with Crippen molar-refractivity contribution >= 4 is 41.7 Å². The fourth-order valence-corrected chi connectivity index (χ4v) is 3.03. The zero-order valence-electron chi connectivity index (χ0n) is 20.0. The summed E-state index contributed by atoms with van der Waals surface area (Å²) >= 11 is 0. The fourth-order valence-electron chi connectivity index (χ4n) is 3.03.